The lowest BCUT2D eigenvalue weighted by molar-refractivity contribution is -0.111. The van der Waals surface area contributed by atoms with Gasteiger partial charge in [0.15, 0.2) is 5.76 Å². The van der Waals surface area contributed by atoms with Gasteiger partial charge in [-0.2, -0.15) is 0 Å². The van der Waals surface area contributed by atoms with Crippen molar-refractivity contribution in [2.24, 2.45) is 5.92 Å². The van der Waals surface area contributed by atoms with Crippen LogP contribution in [-0.2, 0) is 16.1 Å². The van der Waals surface area contributed by atoms with Crippen LogP contribution in [0.2, 0.25) is 0 Å². The molecule has 0 saturated heterocycles. The average Bonchev–Trinajstić information content (AvgIpc) is 2.74. The highest BCUT2D eigenvalue weighted by atomic mass is 16.6. The molecule has 4 nitrogen and oxygen atoms in total. The van der Waals surface area contributed by atoms with Crippen molar-refractivity contribution in [3.05, 3.63) is 107 Å². The summed E-state index contributed by atoms with van der Waals surface area (Å²) in [6, 6.07) is 15.2. The topological polar surface area (TPSA) is 55.4 Å². The number of hydrogen-bond acceptors (Lipinski definition) is 4. The van der Waals surface area contributed by atoms with E-state index in [0.29, 0.717) is 16.9 Å². The minimum Gasteiger partial charge on any atom is -0.381 e. The van der Waals surface area contributed by atoms with E-state index in [2.05, 4.69) is 35.8 Å². The highest BCUT2D eigenvalue weighted by Gasteiger charge is 2.29. The van der Waals surface area contributed by atoms with E-state index in [0.717, 1.165) is 23.3 Å². The summed E-state index contributed by atoms with van der Waals surface area (Å²) in [5, 5.41) is 0. The van der Waals surface area contributed by atoms with E-state index in [1.54, 1.807) is 18.2 Å². The van der Waals surface area contributed by atoms with Crippen LogP contribution in [0.4, 0.5) is 0 Å². The largest absolute Gasteiger partial charge is 0.381 e. The Morgan fingerprint density at radius 1 is 0.893 bits per heavy atom. The molecular formula is C24H17NO3. The molecule has 0 aliphatic heterocycles. The van der Waals surface area contributed by atoms with Crippen LogP contribution in [0.3, 0.4) is 0 Å². The zero-order valence-corrected chi connectivity index (χ0v) is 15.0. The molecule has 0 fully saturated rings. The Hall–Kier alpha value is -3.66. The normalized spacial score (nSPS) is 19.6. The van der Waals surface area contributed by atoms with Crippen LogP contribution in [0, 0.1) is 5.92 Å². The van der Waals surface area contributed by atoms with Gasteiger partial charge < -0.3 is 4.84 Å². The lowest BCUT2D eigenvalue weighted by atomic mass is 9.79. The second-order valence-corrected chi connectivity index (χ2v) is 6.99. The first-order valence-corrected chi connectivity index (χ1v) is 9.22. The molecule has 136 valence electrons. The Kier molecular flexibility index (Phi) is 3.83. The summed E-state index contributed by atoms with van der Waals surface area (Å²) >= 11 is 0. The Balaban J connectivity index is 1.52. The Labute approximate surface area is 162 Å². The molecule has 28 heavy (non-hydrogen) atoms. The van der Waals surface area contributed by atoms with Crippen LogP contribution in [0.25, 0.3) is 11.5 Å². The summed E-state index contributed by atoms with van der Waals surface area (Å²) < 4.78 is 0. The van der Waals surface area contributed by atoms with E-state index in [1.807, 2.05) is 24.3 Å². The van der Waals surface area contributed by atoms with E-state index in [4.69, 9.17) is 4.84 Å². The fraction of sp³-hybridized carbons (Fsp3) is 0.0833. The molecular weight excluding hydrogens is 350 g/mol. The maximum absolute atomic E-state index is 12.1. The third kappa shape index (κ3) is 2.62. The second kappa shape index (κ2) is 6.50. The first-order chi connectivity index (χ1) is 13.7. The van der Waals surface area contributed by atoms with Crippen LogP contribution >= 0.6 is 0 Å². The predicted molar refractivity (Wildman–Crippen MR) is 107 cm³/mol. The van der Waals surface area contributed by atoms with E-state index >= 15 is 0 Å². The maximum atomic E-state index is 12.1. The van der Waals surface area contributed by atoms with Gasteiger partial charge in [-0.25, -0.2) is 5.48 Å². The van der Waals surface area contributed by atoms with Gasteiger partial charge in [-0.05, 0) is 17.6 Å². The van der Waals surface area contributed by atoms with Crippen LogP contribution in [0.1, 0.15) is 27.0 Å². The first-order valence-electron chi connectivity index (χ1n) is 9.22. The van der Waals surface area contributed by atoms with Crippen molar-refractivity contribution < 1.29 is 14.4 Å². The standard InChI is InChI=1S/C24H17NO3/c26-21-14-22(19-11-5-6-12-20(19)24(21)27)28-25-23-17-9-3-1-7-15(17)13-16-8-2-4-10-18(16)23/h1-12,14-15,25H,13H2. The Morgan fingerprint density at radius 2 is 1.64 bits per heavy atom. The van der Waals surface area contributed by atoms with Gasteiger partial charge in [0.1, 0.15) is 0 Å². The fourth-order valence-electron chi connectivity index (χ4n) is 3.96. The lowest BCUT2D eigenvalue weighted by Crippen LogP contribution is -2.25. The number of Topliss-reactive ketones (excluding diaryl/α,β-unsaturated/α-hetero) is 1. The number of benzene rings is 2. The highest BCUT2D eigenvalue weighted by molar-refractivity contribution is 6.50. The molecule has 0 radical (unpaired) electrons. The molecule has 2 aromatic rings. The molecule has 0 amide bonds. The second-order valence-electron chi connectivity index (χ2n) is 6.99. The van der Waals surface area contributed by atoms with Crippen molar-refractivity contribution in [2.45, 2.75) is 6.42 Å². The van der Waals surface area contributed by atoms with Crippen LogP contribution < -0.4 is 5.48 Å². The third-order valence-electron chi connectivity index (χ3n) is 5.33. The van der Waals surface area contributed by atoms with Crippen LogP contribution in [0.15, 0.2) is 84.5 Å². The number of carbonyl (C=O) groups is 2. The van der Waals surface area contributed by atoms with Gasteiger partial charge >= 0.3 is 0 Å². The minimum absolute atomic E-state index is 0.279. The van der Waals surface area contributed by atoms with Gasteiger partial charge in [-0.15, -0.1) is 0 Å². The molecule has 3 aliphatic rings. The summed E-state index contributed by atoms with van der Waals surface area (Å²) in [6.07, 6.45) is 10.5. The molecule has 0 saturated carbocycles. The molecule has 0 aromatic heterocycles. The summed E-state index contributed by atoms with van der Waals surface area (Å²) in [5.74, 6) is -0.450. The zero-order valence-electron chi connectivity index (χ0n) is 15.0. The number of allylic oxidation sites excluding steroid dienone is 6. The molecule has 0 heterocycles. The number of hydrogen-bond donors (Lipinski definition) is 1. The smallest absolute Gasteiger partial charge is 0.233 e. The predicted octanol–water partition coefficient (Wildman–Crippen LogP) is 4.02. The lowest BCUT2D eigenvalue weighted by Gasteiger charge is -2.29. The van der Waals surface area contributed by atoms with E-state index in [9.17, 15) is 9.59 Å². The van der Waals surface area contributed by atoms with Crippen molar-refractivity contribution in [2.75, 3.05) is 0 Å². The van der Waals surface area contributed by atoms with Gasteiger partial charge in [0, 0.05) is 28.7 Å². The molecule has 0 bridgehead atoms. The molecule has 2 aromatic carbocycles. The van der Waals surface area contributed by atoms with Crippen LogP contribution in [-0.4, -0.2) is 11.6 Å². The van der Waals surface area contributed by atoms with Crippen molar-refractivity contribution in [1.29, 1.82) is 0 Å². The van der Waals surface area contributed by atoms with Crippen molar-refractivity contribution in [1.82, 2.24) is 5.48 Å². The fourth-order valence-corrected chi connectivity index (χ4v) is 3.96. The quantitative estimate of drug-likeness (QED) is 0.658. The summed E-state index contributed by atoms with van der Waals surface area (Å²) in [5.41, 5.74) is 8.43. The minimum atomic E-state index is -0.574. The number of carbonyl (C=O) groups excluding carboxylic acids is 2. The highest BCUT2D eigenvalue weighted by Crippen LogP contribution is 2.37. The van der Waals surface area contributed by atoms with E-state index in [-0.39, 0.29) is 5.92 Å². The van der Waals surface area contributed by atoms with Gasteiger partial charge in [-0.3, -0.25) is 9.59 Å². The number of rotatable bonds is 3. The van der Waals surface area contributed by atoms with Gasteiger partial charge in [0.05, 0.1) is 5.70 Å². The van der Waals surface area contributed by atoms with E-state index in [1.165, 1.54) is 11.6 Å². The van der Waals surface area contributed by atoms with Crippen molar-refractivity contribution in [3.63, 3.8) is 0 Å². The number of hydroxylamine groups is 1. The van der Waals surface area contributed by atoms with E-state index < -0.39 is 11.6 Å². The zero-order chi connectivity index (χ0) is 19.1. The number of fused-ring (bicyclic) bond motifs is 3. The summed E-state index contributed by atoms with van der Waals surface area (Å²) in [6.45, 7) is 0. The molecule has 5 rings (SSSR count). The van der Waals surface area contributed by atoms with Crippen molar-refractivity contribution >= 4 is 23.0 Å². The molecule has 1 unspecified atom stereocenters. The average molecular weight is 367 g/mol. The van der Waals surface area contributed by atoms with Gasteiger partial charge in [0.2, 0.25) is 11.6 Å². The molecule has 1 N–H and O–H groups in total. The van der Waals surface area contributed by atoms with Crippen molar-refractivity contribution in [3.8, 4) is 0 Å². The van der Waals surface area contributed by atoms with Gasteiger partial charge in [0.25, 0.3) is 0 Å². The SMILES string of the molecule is O=C1C=C(ONC2=C3C=CC=CC3Cc3ccccc32)c2ccccc2C1=O. The third-order valence-corrected chi connectivity index (χ3v) is 5.33. The number of ketones is 2. The first kappa shape index (κ1) is 16.5. The molecule has 4 heteroatoms. The Bertz CT molecular complexity index is 1130. The van der Waals surface area contributed by atoms with Crippen LogP contribution in [0.5, 0.6) is 0 Å². The number of nitrogens with one attached hydrogen (secondary N) is 1. The monoisotopic (exact) mass is 367 g/mol. The Morgan fingerprint density at radius 3 is 2.50 bits per heavy atom. The molecule has 0 spiro atoms. The van der Waals surface area contributed by atoms with Gasteiger partial charge in [-0.1, -0.05) is 72.8 Å². The summed E-state index contributed by atoms with van der Waals surface area (Å²) in [7, 11) is 0. The summed E-state index contributed by atoms with van der Waals surface area (Å²) in [4.78, 5) is 30.1. The maximum Gasteiger partial charge on any atom is 0.233 e. The molecule has 1 atom stereocenters. The molecule has 3 aliphatic carbocycles.